The first-order chi connectivity index (χ1) is 14.1. The van der Waals surface area contributed by atoms with Crippen molar-refractivity contribution < 1.29 is 18.0 Å². The molecule has 0 unspecified atom stereocenters. The number of carbonyl (C=O) groups is 1. The molecule has 1 aliphatic rings. The Labute approximate surface area is 174 Å². The van der Waals surface area contributed by atoms with Crippen LogP contribution in [0.4, 0.5) is 0 Å². The molecule has 1 aliphatic carbocycles. The number of nitrogens with one attached hydrogen (secondary N) is 2. The van der Waals surface area contributed by atoms with Gasteiger partial charge in [0.25, 0.3) is 0 Å². The summed E-state index contributed by atoms with van der Waals surface area (Å²) in [6.07, 6.45) is 15.6. The Balaban J connectivity index is 1.46. The maximum Gasteiger partial charge on any atom is 0.243 e. The quantitative estimate of drug-likeness (QED) is 0.288. The van der Waals surface area contributed by atoms with Crippen molar-refractivity contribution in [2.45, 2.75) is 57.8 Å². The molecule has 1 aromatic rings. The van der Waals surface area contributed by atoms with E-state index in [9.17, 15) is 13.2 Å². The van der Waals surface area contributed by atoms with E-state index < -0.39 is 10.0 Å². The summed E-state index contributed by atoms with van der Waals surface area (Å²) in [4.78, 5) is 23.1. The smallest absolute Gasteiger partial charge is 0.243 e. The first-order valence-electron chi connectivity index (χ1n) is 10.5. The average Bonchev–Trinajstić information content (AvgIpc) is 2.73. The van der Waals surface area contributed by atoms with Crippen molar-refractivity contribution in [3.63, 3.8) is 0 Å². The highest BCUT2D eigenvalue weighted by Gasteiger charge is 2.15. The van der Waals surface area contributed by atoms with Crippen LogP contribution in [0.1, 0.15) is 63.4 Å². The largest absolute Gasteiger partial charge is 0.353 e. The number of rotatable bonds is 13. The first-order valence-corrected chi connectivity index (χ1v) is 12.2. The second-order valence-electron chi connectivity index (χ2n) is 7.54. The molecule has 2 N–H and O–H groups in total. The van der Waals surface area contributed by atoms with Crippen LogP contribution in [0.5, 0.6) is 0 Å². The molecule has 162 valence electrons. The Morgan fingerprint density at radius 1 is 1.10 bits per heavy atom. The minimum absolute atomic E-state index is 0.0682. The third-order valence-electron chi connectivity index (χ3n) is 5.00. The average molecular weight is 424 g/mol. The van der Waals surface area contributed by atoms with Crippen molar-refractivity contribution in [2.24, 2.45) is 5.92 Å². The maximum atomic E-state index is 11.9. The highest BCUT2D eigenvalue weighted by Crippen LogP contribution is 2.23. The van der Waals surface area contributed by atoms with Gasteiger partial charge in [-0.2, -0.15) is 0 Å². The Kier molecular flexibility index (Phi) is 10.9. The van der Waals surface area contributed by atoms with Crippen LogP contribution >= 0.6 is 0 Å². The fraction of sp³-hybridized carbons (Fsp3) is 0.619. The lowest BCUT2D eigenvalue weighted by molar-refractivity contribution is -0.116. The fourth-order valence-electron chi connectivity index (χ4n) is 3.32. The van der Waals surface area contributed by atoms with Gasteiger partial charge in [-0.3, -0.25) is 14.6 Å². The molecule has 1 amide bonds. The van der Waals surface area contributed by atoms with Gasteiger partial charge in [0, 0.05) is 25.0 Å². The lowest BCUT2D eigenvalue weighted by Gasteiger charge is -2.20. The van der Waals surface area contributed by atoms with Gasteiger partial charge < -0.3 is 5.32 Å². The SMILES string of the molecule is O=C(/C=C/c1ccncc1)NCCCCCCS(=O)(=O)NOCC1CCCCC1. The zero-order chi connectivity index (χ0) is 20.8. The maximum absolute atomic E-state index is 11.9. The van der Waals surface area contributed by atoms with E-state index >= 15 is 0 Å². The Hall–Kier alpha value is -1.77. The third kappa shape index (κ3) is 11.1. The van der Waals surface area contributed by atoms with Gasteiger partial charge in [0.1, 0.15) is 0 Å². The zero-order valence-corrected chi connectivity index (χ0v) is 17.8. The molecule has 1 heterocycles. The van der Waals surface area contributed by atoms with E-state index in [1.54, 1.807) is 18.5 Å². The number of pyridine rings is 1. The molecule has 0 atom stereocenters. The van der Waals surface area contributed by atoms with Crippen LogP contribution in [0.25, 0.3) is 6.08 Å². The molecule has 0 saturated heterocycles. The Bertz CT molecular complexity index is 717. The predicted molar refractivity (Wildman–Crippen MR) is 114 cm³/mol. The number of carbonyl (C=O) groups excluding carboxylic acids is 1. The van der Waals surface area contributed by atoms with Crippen LogP contribution < -0.4 is 10.2 Å². The second-order valence-corrected chi connectivity index (χ2v) is 9.34. The van der Waals surface area contributed by atoms with Crippen molar-refractivity contribution in [2.75, 3.05) is 18.9 Å². The molecule has 7 nitrogen and oxygen atoms in total. The summed E-state index contributed by atoms with van der Waals surface area (Å²) in [5.74, 6) is 0.406. The monoisotopic (exact) mass is 423 g/mol. The summed E-state index contributed by atoms with van der Waals surface area (Å²) in [6, 6.07) is 3.65. The summed E-state index contributed by atoms with van der Waals surface area (Å²) in [5.41, 5.74) is 0.924. The number of sulfonamides is 1. The van der Waals surface area contributed by atoms with E-state index in [1.165, 1.54) is 25.3 Å². The summed E-state index contributed by atoms with van der Waals surface area (Å²) in [6.45, 7) is 1.05. The number of hydrogen-bond acceptors (Lipinski definition) is 5. The number of amides is 1. The fourth-order valence-corrected chi connectivity index (χ4v) is 4.24. The predicted octanol–water partition coefficient (Wildman–Crippen LogP) is 3.20. The van der Waals surface area contributed by atoms with Gasteiger partial charge >= 0.3 is 0 Å². The van der Waals surface area contributed by atoms with Gasteiger partial charge in [-0.15, -0.1) is 0 Å². The van der Waals surface area contributed by atoms with E-state index in [4.69, 9.17) is 4.84 Å². The summed E-state index contributed by atoms with van der Waals surface area (Å²) in [7, 11) is -3.38. The molecular formula is C21H33N3O4S. The minimum Gasteiger partial charge on any atom is -0.353 e. The topological polar surface area (TPSA) is 97.4 Å². The Morgan fingerprint density at radius 2 is 1.83 bits per heavy atom. The van der Waals surface area contributed by atoms with Crippen LogP contribution in [0.15, 0.2) is 30.6 Å². The van der Waals surface area contributed by atoms with E-state index in [2.05, 4.69) is 15.2 Å². The number of hydrogen-bond donors (Lipinski definition) is 2. The van der Waals surface area contributed by atoms with Crippen LogP contribution in [0.3, 0.4) is 0 Å². The molecule has 1 aromatic heterocycles. The number of nitrogens with zero attached hydrogens (tertiary/aromatic N) is 1. The van der Waals surface area contributed by atoms with Crippen molar-refractivity contribution in [1.29, 1.82) is 0 Å². The van der Waals surface area contributed by atoms with E-state index in [-0.39, 0.29) is 11.7 Å². The molecule has 0 bridgehead atoms. The summed E-state index contributed by atoms with van der Waals surface area (Å²) < 4.78 is 23.9. The van der Waals surface area contributed by atoms with Crippen molar-refractivity contribution in [3.8, 4) is 0 Å². The molecule has 2 rings (SSSR count). The van der Waals surface area contributed by atoms with Crippen molar-refractivity contribution >= 4 is 22.0 Å². The lowest BCUT2D eigenvalue weighted by atomic mass is 9.90. The summed E-state index contributed by atoms with van der Waals surface area (Å²) >= 11 is 0. The zero-order valence-electron chi connectivity index (χ0n) is 17.0. The van der Waals surface area contributed by atoms with Crippen molar-refractivity contribution in [1.82, 2.24) is 15.2 Å². The van der Waals surface area contributed by atoms with Crippen LogP contribution in [0.2, 0.25) is 0 Å². The molecule has 29 heavy (non-hydrogen) atoms. The third-order valence-corrected chi connectivity index (χ3v) is 6.20. The van der Waals surface area contributed by atoms with E-state index in [1.807, 2.05) is 12.1 Å². The van der Waals surface area contributed by atoms with Gasteiger partial charge in [0.2, 0.25) is 15.9 Å². The highest BCUT2D eigenvalue weighted by molar-refractivity contribution is 7.89. The normalized spacial score (nSPS) is 15.6. The minimum atomic E-state index is -3.38. The van der Waals surface area contributed by atoms with Crippen LogP contribution in [-0.2, 0) is 19.7 Å². The van der Waals surface area contributed by atoms with Gasteiger partial charge in [-0.1, -0.05) is 37.0 Å². The molecule has 1 fully saturated rings. The Morgan fingerprint density at radius 3 is 2.59 bits per heavy atom. The van der Waals surface area contributed by atoms with Crippen LogP contribution in [-0.4, -0.2) is 38.2 Å². The highest BCUT2D eigenvalue weighted by atomic mass is 32.2. The molecule has 0 aromatic carbocycles. The van der Waals surface area contributed by atoms with Crippen LogP contribution in [0, 0.1) is 5.92 Å². The lowest BCUT2D eigenvalue weighted by Crippen LogP contribution is -2.29. The van der Waals surface area contributed by atoms with E-state index in [0.29, 0.717) is 25.5 Å². The number of unbranched alkanes of at least 4 members (excludes halogenated alkanes) is 3. The van der Waals surface area contributed by atoms with Gasteiger partial charge in [-0.25, -0.2) is 8.42 Å². The van der Waals surface area contributed by atoms with E-state index in [0.717, 1.165) is 37.7 Å². The van der Waals surface area contributed by atoms with Gasteiger partial charge in [0.05, 0.1) is 12.4 Å². The molecule has 0 spiro atoms. The molecular weight excluding hydrogens is 390 g/mol. The second kappa shape index (κ2) is 13.5. The summed E-state index contributed by atoms with van der Waals surface area (Å²) in [5, 5.41) is 2.83. The molecule has 1 saturated carbocycles. The van der Waals surface area contributed by atoms with Gasteiger partial charge in [0.15, 0.2) is 0 Å². The molecule has 8 heteroatoms. The first kappa shape index (κ1) is 23.5. The number of aromatic nitrogens is 1. The standard InChI is InChI=1S/C21H33N3O4S/c25-21(11-10-19-12-15-22-16-13-19)23-14-6-1-2-7-17-29(26,27)24-28-18-20-8-4-3-5-9-20/h10-13,15-16,20,24H,1-9,14,17-18H2,(H,23,25)/b11-10+. The molecule has 0 aliphatic heterocycles. The van der Waals surface area contributed by atoms with Gasteiger partial charge in [-0.05, 0) is 55.4 Å². The molecule has 0 radical (unpaired) electrons. The van der Waals surface area contributed by atoms with Crippen molar-refractivity contribution in [3.05, 3.63) is 36.2 Å².